The number of rotatable bonds is 51. The van der Waals surface area contributed by atoms with E-state index < -0.39 is 121 Å². The number of aromatic nitrogens is 4. The summed E-state index contributed by atoms with van der Waals surface area (Å²) in [5, 5.41) is 31.6. The number of aliphatic imine (C=N–C) groups is 1. The third kappa shape index (κ3) is 36.4. The smallest absolute Gasteiger partial charge is 0.305 e. The lowest BCUT2D eigenvalue weighted by Crippen LogP contribution is -2.59. The van der Waals surface area contributed by atoms with Gasteiger partial charge in [0.15, 0.2) is 5.96 Å². The molecule has 2 rings (SSSR count). The lowest BCUT2D eigenvalue weighted by atomic mass is 10.0. The largest absolute Gasteiger partial charge is 0.481 e. The second-order valence-electron chi connectivity index (χ2n) is 21.7. The maximum absolute atomic E-state index is 14.4. The summed E-state index contributed by atoms with van der Waals surface area (Å²) in [6.45, 7) is 0.701. The molecular formula is C58H99N19O12. The molecule has 0 unspecified atom stereocenters. The maximum atomic E-state index is 14.4. The first kappa shape index (κ1) is 76.6. The van der Waals surface area contributed by atoms with Crippen molar-refractivity contribution >= 4 is 71.0 Å². The van der Waals surface area contributed by atoms with Gasteiger partial charge < -0.3 is 91.6 Å². The number of unbranched alkanes of at least 4 members (excludes halogenated alkanes) is 13. The van der Waals surface area contributed by atoms with Crippen molar-refractivity contribution in [3.05, 3.63) is 48.6 Å². The van der Waals surface area contributed by atoms with E-state index in [0.29, 0.717) is 43.5 Å². The standard InChI is InChI=1S/C58H99N19O12/c1-2-3-4-5-6-7-8-9-10-11-12-13-14-15-16-25-47(78)74-45(29-39-32-64-37-70-39)56(88)77-46(30-40-33-65-38-71-40)57(89)76-43(23-18-20-27-60)55(87)75-42(22-17-19-26-59)54(86)68-34-48(79)67-35-49(80)72-41(24-21-28-66-58(62)63)53(85)69-36-50(81)73-44(52(61)84)31-51(82)83/h9-10,32-33,37-38,41-46H,2-8,11-31,34-36,59-60H2,1H3,(H2,61,84)(H,64,70)(H,65,71)(H,67,79)(H,68,86)(H,69,85)(H,72,80)(H,73,81)(H,74,78)(H,75,87)(H,76,89)(H,77,88)(H,82,83)(H4,62,63,66)/b10-9-/t41-,42-,43-,44-,45-,46-/m0/s1. The molecule has 2 aromatic rings. The number of allylic oxidation sites excluding steroid dienone is 2. The number of carbonyl (C=O) groups is 11. The zero-order chi connectivity index (χ0) is 65.6. The van der Waals surface area contributed by atoms with E-state index in [1.807, 2.05) is 0 Å². The summed E-state index contributed by atoms with van der Waals surface area (Å²) in [5.74, 6) is -9.65. The van der Waals surface area contributed by atoms with Crippen molar-refractivity contribution < 1.29 is 57.8 Å². The molecule has 10 amide bonds. The van der Waals surface area contributed by atoms with Crippen LogP contribution in [0.3, 0.4) is 0 Å². The van der Waals surface area contributed by atoms with Crippen molar-refractivity contribution in [3.8, 4) is 0 Å². The van der Waals surface area contributed by atoms with E-state index in [4.69, 9.17) is 33.8 Å². The van der Waals surface area contributed by atoms with Crippen molar-refractivity contribution in [3.63, 3.8) is 0 Å². The summed E-state index contributed by atoms with van der Waals surface area (Å²) in [5.41, 5.74) is 28.5. The highest BCUT2D eigenvalue weighted by Crippen LogP contribution is 2.13. The van der Waals surface area contributed by atoms with Gasteiger partial charge in [-0.2, -0.15) is 0 Å². The average Bonchev–Trinajstić information content (AvgIpc) is 3.94. The number of carboxylic acid groups (broad SMARTS) is 1. The third-order valence-corrected chi connectivity index (χ3v) is 14.0. The van der Waals surface area contributed by atoms with Crippen LogP contribution in [0.2, 0.25) is 0 Å². The third-order valence-electron chi connectivity index (χ3n) is 14.0. The first-order valence-corrected chi connectivity index (χ1v) is 30.9. The Hall–Kier alpha value is -8.48. The molecule has 0 aliphatic rings. The predicted octanol–water partition coefficient (Wildman–Crippen LogP) is -1.52. The van der Waals surface area contributed by atoms with Crippen LogP contribution < -0.4 is 76.5 Å². The fourth-order valence-electron chi connectivity index (χ4n) is 9.10. The average molecular weight is 1250 g/mol. The first-order chi connectivity index (χ1) is 42.8. The minimum Gasteiger partial charge on any atom is -0.481 e. The Balaban J connectivity index is 2.13. The normalized spacial score (nSPS) is 13.1. The number of primary amides is 1. The van der Waals surface area contributed by atoms with Crippen LogP contribution in [-0.2, 0) is 65.6 Å². The molecule has 22 N–H and O–H groups in total. The summed E-state index contributed by atoms with van der Waals surface area (Å²) in [7, 11) is 0. The van der Waals surface area contributed by atoms with E-state index in [1.165, 1.54) is 63.6 Å². The summed E-state index contributed by atoms with van der Waals surface area (Å²) in [6.07, 6.45) is 25.9. The summed E-state index contributed by atoms with van der Waals surface area (Å²) >= 11 is 0. The summed E-state index contributed by atoms with van der Waals surface area (Å²) in [4.78, 5) is 162. The monoisotopic (exact) mass is 1250 g/mol. The van der Waals surface area contributed by atoms with Crippen LogP contribution >= 0.6 is 0 Å². The van der Waals surface area contributed by atoms with Crippen molar-refractivity contribution in [1.29, 1.82) is 0 Å². The summed E-state index contributed by atoms with van der Waals surface area (Å²) < 4.78 is 0. The molecule has 0 fully saturated rings. The second-order valence-corrected chi connectivity index (χ2v) is 21.7. The first-order valence-electron chi connectivity index (χ1n) is 30.9. The molecule has 0 spiro atoms. The number of carbonyl (C=O) groups excluding carboxylic acids is 10. The molecule has 498 valence electrons. The molecule has 31 nitrogen and oxygen atoms in total. The topological polar surface area (TPSA) is 516 Å². The number of aromatic amines is 2. The number of hydrogen-bond acceptors (Lipinski definition) is 16. The minimum atomic E-state index is -1.56. The maximum Gasteiger partial charge on any atom is 0.305 e. The molecule has 89 heavy (non-hydrogen) atoms. The molecule has 6 atom stereocenters. The molecule has 0 saturated heterocycles. The van der Waals surface area contributed by atoms with Gasteiger partial charge in [-0.25, -0.2) is 9.97 Å². The molecule has 0 bridgehead atoms. The van der Waals surface area contributed by atoms with Gasteiger partial charge in [0.1, 0.15) is 36.3 Å². The van der Waals surface area contributed by atoms with Crippen LogP contribution in [0.15, 0.2) is 42.2 Å². The zero-order valence-electron chi connectivity index (χ0n) is 51.5. The minimum absolute atomic E-state index is 0.0238. The Kier molecular flexibility index (Phi) is 40.2. The molecule has 31 heteroatoms. The number of nitrogens with zero attached hydrogens (tertiary/aromatic N) is 3. The number of H-pyrrole nitrogens is 2. The Morgan fingerprint density at radius 3 is 1.42 bits per heavy atom. The van der Waals surface area contributed by atoms with Crippen LogP contribution in [0.4, 0.5) is 0 Å². The molecule has 0 aromatic carbocycles. The Labute approximate surface area is 520 Å². The van der Waals surface area contributed by atoms with Crippen molar-refractivity contribution in [2.24, 2.45) is 33.7 Å². The van der Waals surface area contributed by atoms with Gasteiger partial charge in [-0.1, -0.05) is 70.4 Å². The van der Waals surface area contributed by atoms with E-state index in [9.17, 15) is 52.7 Å². The Morgan fingerprint density at radius 2 is 0.921 bits per heavy atom. The van der Waals surface area contributed by atoms with Gasteiger partial charge in [0.2, 0.25) is 59.1 Å². The number of guanidine groups is 1. The van der Waals surface area contributed by atoms with Crippen LogP contribution in [0.5, 0.6) is 0 Å². The van der Waals surface area contributed by atoms with Crippen molar-refractivity contribution in [2.45, 2.75) is 204 Å². The predicted molar refractivity (Wildman–Crippen MR) is 332 cm³/mol. The Bertz CT molecular complexity index is 2510. The van der Waals surface area contributed by atoms with Crippen molar-refractivity contribution in [1.82, 2.24) is 67.8 Å². The van der Waals surface area contributed by atoms with E-state index in [0.717, 1.165) is 38.5 Å². The van der Waals surface area contributed by atoms with Gasteiger partial charge in [0, 0.05) is 49.6 Å². The molecule has 0 aliphatic carbocycles. The lowest BCUT2D eigenvalue weighted by Gasteiger charge is -2.26. The summed E-state index contributed by atoms with van der Waals surface area (Å²) in [6, 6.07) is -7.82. The fraction of sp³-hybridized carbons (Fsp3) is 0.655. The molecule has 2 aromatic heterocycles. The molecule has 2 heterocycles. The highest BCUT2D eigenvalue weighted by atomic mass is 16.4. The number of nitrogens with one attached hydrogen (secondary N) is 11. The number of carboxylic acids is 1. The molecular weight excluding hydrogens is 1150 g/mol. The number of hydrogen-bond donors (Lipinski definition) is 17. The molecule has 0 aliphatic heterocycles. The second kappa shape index (κ2) is 46.6. The molecule has 0 saturated carbocycles. The van der Waals surface area contributed by atoms with E-state index in [2.05, 4.69) is 91.9 Å². The van der Waals surface area contributed by atoms with Gasteiger partial charge in [-0.15, -0.1) is 0 Å². The zero-order valence-corrected chi connectivity index (χ0v) is 51.5. The van der Waals surface area contributed by atoms with E-state index in [1.54, 1.807) is 0 Å². The number of amides is 10. The quantitative estimate of drug-likeness (QED) is 0.0155. The number of aliphatic carboxylic acids is 1. The van der Waals surface area contributed by atoms with Gasteiger partial charge >= 0.3 is 5.97 Å². The van der Waals surface area contributed by atoms with Gasteiger partial charge in [0.05, 0.1) is 38.7 Å². The number of nitrogens with two attached hydrogens (primary N) is 5. The fourth-order valence-corrected chi connectivity index (χ4v) is 9.10. The van der Waals surface area contributed by atoms with Crippen LogP contribution in [0, 0.1) is 0 Å². The van der Waals surface area contributed by atoms with Crippen molar-refractivity contribution in [2.75, 3.05) is 39.3 Å². The van der Waals surface area contributed by atoms with Crippen LogP contribution in [0.25, 0.3) is 0 Å². The van der Waals surface area contributed by atoms with Crippen LogP contribution in [0.1, 0.15) is 166 Å². The van der Waals surface area contributed by atoms with Gasteiger partial charge in [-0.3, -0.25) is 57.7 Å². The van der Waals surface area contributed by atoms with Gasteiger partial charge in [-0.05, 0) is 96.6 Å². The molecule has 0 radical (unpaired) electrons. The van der Waals surface area contributed by atoms with Gasteiger partial charge in [0.25, 0.3) is 0 Å². The number of imidazole rings is 2. The van der Waals surface area contributed by atoms with Crippen LogP contribution in [-0.4, -0.2) is 172 Å². The van der Waals surface area contributed by atoms with E-state index >= 15 is 0 Å². The Morgan fingerprint density at radius 1 is 0.494 bits per heavy atom. The highest BCUT2D eigenvalue weighted by Gasteiger charge is 2.33. The lowest BCUT2D eigenvalue weighted by molar-refractivity contribution is -0.140. The van der Waals surface area contributed by atoms with E-state index in [-0.39, 0.29) is 76.4 Å². The highest BCUT2D eigenvalue weighted by molar-refractivity contribution is 5.97. The SMILES string of the molecule is CCCCCCCC/C=C\CCCCCCCC(=O)N[C@@H](Cc1cnc[nH]1)C(=O)N[C@@H](Cc1cnc[nH]1)C(=O)N[C@@H](CCCCN)C(=O)N[C@@H](CCCCN)C(=O)NCC(=O)NCC(=O)N[C@@H](CCCN=C(N)N)C(=O)NCC(=O)N[C@@H](CC(=O)O)C(N)=O.